The van der Waals surface area contributed by atoms with Crippen LogP contribution in [0.2, 0.25) is 0 Å². The zero-order valence-electron chi connectivity index (χ0n) is 1.82. The van der Waals surface area contributed by atoms with Gasteiger partial charge < -0.3 is 0 Å². The molecule has 0 fully saturated rings. The van der Waals surface area contributed by atoms with Gasteiger partial charge in [0.2, 0.25) is 0 Å². The van der Waals surface area contributed by atoms with E-state index < -0.39 is 0 Å². The fraction of sp³-hybridized carbons (Fsp3) is 1.00. The van der Waals surface area contributed by atoms with Crippen LogP contribution in [0.15, 0.2) is 0 Å². The zero-order valence-corrected chi connectivity index (χ0v) is 7.49. The van der Waals surface area contributed by atoms with Crippen LogP contribution in [0.1, 0.15) is 14.9 Å². The summed E-state index contributed by atoms with van der Waals surface area (Å²) in [6.45, 7) is 0. The Kier molecular flexibility index (Phi) is 1120. The average Bonchev–Trinajstić information content (AvgIpc) is 0. The van der Waals surface area contributed by atoms with Crippen molar-refractivity contribution in [1.29, 1.82) is 0 Å². The fourth-order valence-corrected chi connectivity index (χ4v) is 0. The van der Waals surface area contributed by atoms with E-state index in [0.717, 1.165) is 0 Å². The molecule has 0 aliphatic carbocycles. The minimum Gasteiger partial charge on any atom is -0.0776 e. The van der Waals surface area contributed by atoms with Gasteiger partial charge in [-0.25, -0.2) is 0 Å². The quantitative estimate of drug-likeness (QED) is 0.632. The summed E-state index contributed by atoms with van der Waals surface area (Å²) < 4.78 is 0. The summed E-state index contributed by atoms with van der Waals surface area (Å²) in [7, 11) is 0. The molecule has 7 heavy (non-hydrogen) atoms. The maximum Gasteiger partial charge on any atom is 0 e. The SMILES string of the molecule is C.C.[Co].[Co].[Co].[Cr].[Cr]. The van der Waals surface area contributed by atoms with Crippen molar-refractivity contribution >= 4 is 0 Å². The van der Waals surface area contributed by atoms with Gasteiger partial charge in [0.1, 0.15) is 0 Å². The van der Waals surface area contributed by atoms with Gasteiger partial charge in [-0.1, -0.05) is 14.9 Å². The van der Waals surface area contributed by atoms with Gasteiger partial charge in [0, 0.05) is 85.1 Å². The van der Waals surface area contributed by atoms with Crippen LogP contribution < -0.4 is 0 Å². The molecule has 0 aromatic carbocycles. The molecule has 0 spiro atoms. The van der Waals surface area contributed by atoms with Gasteiger partial charge in [-0.3, -0.25) is 0 Å². The second-order valence-electron chi connectivity index (χ2n) is 0. The third kappa shape index (κ3) is 55.7. The van der Waals surface area contributed by atoms with Crippen LogP contribution in [0.25, 0.3) is 0 Å². The van der Waals surface area contributed by atoms with Crippen LogP contribution in [-0.4, -0.2) is 0 Å². The van der Waals surface area contributed by atoms with Crippen LogP contribution in [0.3, 0.4) is 0 Å². The van der Waals surface area contributed by atoms with Gasteiger partial charge in [-0.05, 0) is 0 Å². The van der Waals surface area contributed by atoms with E-state index in [1.807, 2.05) is 0 Å². The van der Waals surface area contributed by atoms with E-state index in [1.54, 1.807) is 0 Å². The maximum atomic E-state index is 0. The van der Waals surface area contributed by atoms with Crippen molar-refractivity contribution in [2.24, 2.45) is 0 Å². The normalized spacial score (nSPS) is 0. The minimum atomic E-state index is 0. The van der Waals surface area contributed by atoms with E-state index in [9.17, 15) is 0 Å². The topological polar surface area (TPSA) is 0 Å². The summed E-state index contributed by atoms with van der Waals surface area (Å²) in [5.74, 6) is 0. The van der Waals surface area contributed by atoms with E-state index in [-0.39, 0.29) is 99.9 Å². The van der Waals surface area contributed by atoms with Crippen molar-refractivity contribution in [3.8, 4) is 0 Å². The summed E-state index contributed by atoms with van der Waals surface area (Å²) in [6.07, 6.45) is 0. The molecule has 0 nitrogen and oxygen atoms in total. The summed E-state index contributed by atoms with van der Waals surface area (Å²) in [4.78, 5) is 0. The molecule has 0 atom stereocenters. The van der Waals surface area contributed by atoms with Crippen LogP contribution in [0.5, 0.6) is 0 Å². The first kappa shape index (κ1) is 106. The first-order chi connectivity index (χ1) is 0. The van der Waals surface area contributed by atoms with E-state index in [4.69, 9.17) is 0 Å². The molecule has 0 amide bonds. The van der Waals surface area contributed by atoms with Gasteiger partial charge in [0.25, 0.3) is 0 Å². The first-order valence-electron chi connectivity index (χ1n) is 0. The smallest absolute Gasteiger partial charge is 0 e. The van der Waals surface area contributed by atoms with Crippen molar-refractivity contribution in [1.82, 2.24) is 0 Å². The molecule has 0 N–H and O–H groups in total. The van der Waals surface area contributed by atoms with Gasteiger partial charge in [-0.15, -0.1) is 0 Å². The predicted molar refractivity (Wildman–Crippen MR) is 13.5 cm³/mol. The van der Waals surface area contributed by atoms with Gasteiger partial charge in [0.15, 0.2) is 0 Å². The Hall–Kier alpha value is 2.58. The fourth-order valence-electron chi connectivity index (χ4n) is 0. The molecule has 0 heterocycles. The Balaban J connectivity index is 0. The molecule has 5 heteroatoms. The van der Waals surface area contributed by atoms with Crippen molar-refractivity contribution in [2.75, 3.05) is 0 Å². The second-order valence-corrected chi connectivity index (χ2v) is 0. The second kappa shape index (κ2) is 73.9. The largest absolute Gasteiger partial charge is 0.0776 e. The summed E-state index contributed by atoms with van der Waals surface area (Å²) in [6, 6.07) is 0. The standard InChI is InChI=1S/2CH4.3Co.2Cr/h2*1H4;;;;;. The minimum absolute atomic E-state index is 0. The maximum absolute atomic E-state index is 0. The van der Waals surface area contributed by atoms with Gasteiger partial charge >= 0.3 is 0 Å². The van der Waals surface area contributed by atoms with Crippen LogP contribution in [0, 0.1) is 0 Å². The van der Waals surface area contributed by atoms with E-state index >= 15 is 0 Å². The zero-order chi connectivity index (χ0) is 0. The third-order valence-electron chi connectivity index (χ3n) is 0. The summed E-state index contributed by atoms with van der Waals surface area (Å²) in [5.41, 5.74) is 0. The summed E-state index contributed by atoms with van der Waals surface area (Å²) in [5, 5.41) is 0. The molecular weight excluding hydrogens is 305 g/mol. The van der Waals surface area contributed by atoms with Crippen LogP contribution >= 0.6 is 0 Å². The Morgan fingerprint density at radius 2 is 0.429 bits per heavy atom. The number of hydrogen-bond donors (Lipinski definition) is 0. The predicted octanol–water partition coefficient (Wildman–Crippen LogP) is 1.26. The van der Waals surface area contributed by atoms with E-state index in [1.165, 1.54) is 0 Å². The Morgan fingerprint density at radius 1 is 0.429 bits per heavy atom. The van der Waals surface area contributed by atoms with E-state index in [0.29, 0.717) is 0 Å². The third-order valence-corrected chi connectivity index (χ3v) is 0. The first-order valence-corrected chi connectivity index (χ1v) is 0. The van der Waals surface area contributed by atoms with Crippen molar-refractivity contribution in [2.45, 2.75) is 14.9 Å². The molecule has 0 aliphatic rings. The van der Waals surface area contributed by atoms with Gasteiger partial charge in [-0.2, -0.15) is 0 Å². The molecule has 0 saturated carbocycles. The molecule has 0 bridgehead atoms. The molecule has 0 aromatic heterocycles. The van der Waals surface area contributed by atoms with Crippen LogP contribution in [0.4, 0.5) is 0 Å². The molecule has 0 aliphatic heterocycles. The summed E-state index contributed by atoms with van der Waals surface area (Å²) >= 11 is 0. The molecular formula is C2H8Co3Cr2. The van der Waals surface area contributed by atoms with Gasteiger partial charge in [0.05, 0.1) is 0 Å². The average molecular weight is 313 g/mol. The number of rotatable bonds is 0. The molecule has 0 unspecified atom stereocenters. The monoisotopic (exact) mass is 313 g/mol. The molecule has 3 radical (unpaired) electrons. The van der Waals surface area contributed by atoms with Crippen molar-refractivity contribution < 1.29 is 85.1 Å². The van der Waals surface area contributed by atoms with Crippen molar-refractivity contribution in [3.05, 3.63) is 0 Å². The molecule has 0 rings (SSSR count). The Bertz CT molecular complexity index is 10.9. The molecule has 55 valence electrons. The van der Waals surface area contributed by atoms with Crippen LogP contribution in [-0.2, 0) is 85.1 Å². The Morgan fingerprint density at radius 3 is 0.429 bits per heavy atom. The Labute approximate surface area is 98.8 Å². The molecule has 0 aromatic rings. The number of hydrogen-bond acceptors (Lipinski definition) is 0. The molecule has 0 saturated heterocycles. The van der Waals surface area contributed by atoms with E-state index in [2.05, 4.69) is 0 Å². The van der Waals surface area contributed by atoms with Crippen molar-refractivity contribution in [3.63, 3.8) is 0 Å².